The number of H-pyrrole nitrogens is 1. The Morgan fingerprint density at radius 1 is 1.33 bits per heavy atom. The summed E-state index contributed by atoms with van der Waals surface area (Å²) in [5, 5.41) is 12.2. The molecular formula is C11H10N6S. The maximum atomic E-state index is 4.40. The fourth-order valence-corrected chi connectivity index (χ4v) is 2.11. The summed E-state index contributed by atoms with van der Waals surface area (Å²) in [6.07, 6.45) is 4.94. The molecule has 0 saturated heterocycles. The summed E-state index contributed by atoms with van der Waals surface area (Å²) in [5.41, 5.74) is 0. The van der Waals surface area contributed by atoms with E-state index in [1.54, 1.807) is 29.9 Å². The van der Waals surface area contributed by atoms with Crippen molar-refractivity contribution in [1.82, 2.24) is 25.1 Å². The number of nitrogens with one attached hydrogen (secondary N) is 2. The lowest BCUT2D eigenvalue weighted by Gasteiger charge is -2.00. The summed E-state index contributed by atoms with van der Waals surface area (Å²) in [6.45, 7) is 0.539. The molecule has 0 spiro atoms. The molecule has 0 aliphatic rings. The summed E-state index contributed by atoms with van der Waals surface area (Å²) in [5.74, 6) is 2.21. The minimum Gasteiger partial charge on any atom is -0.362 e. The van der Waals surface area contributed by atoms with Gasteiger partial charge in [0.2, 0.25) is 0 Å². The van der Waals surface area contributed by atoms with Gasteiger partial charge in [-0.2, -0.15) is 5.10 Å². The fourth-order valence-electron chi connectivity index (χ4n) is 1.46. The van der Waals surface area contributed by atoms with E-state index in [2.05, 4.69) is 30.5 Å². The predicted molar refractivity (Wildman–Crippen MR) is 69.1 cm³/mol. The zero-order chi connectivity index (χ0) is 12.2. The third kappa shape index (κ3) is 2.35. The number of aromatic amines is 1. The van der Waals surface area contributed by atoms with Crippen LogP contribution in [0.3, 0.4) is 0 Å². The highest BCUT2D eigenvalue weighted by Gasteiger charge is 2.06. The van der Waals surface area contributed by atoms with E-state index in [-0.39, 0.29) is 0 Å². The minimum absolute atomic E-state index is 0.539. The molecule has 3 aromatic heterocycles. The third-order valence-corrected chi connectivity index (χ3v) is 3.14. The number of hydrogen-bond acceptors (Lipinski definition) is 6. The van der Waals surface area contributed by atoms with Crippen molar-refractivity contribution in [3.05, 3.63) is 41.9 Å². The van der Waals surface area contributed by atoms with E-state index in [1.165, 1.54) is 0 Å². The highest BCUT2D eigenvalue weighted by Crippen LogP contribution is 2.20. The zero-order valence-corrected chi connectivity index (χ0v) is 10.2. The van der Waals surface area contributed by atoms with Gasteiger partial charge in [0.05, 0.1) is 17.6 Å². The molecule has 0 saturated carbocycles. The standard InChI is InChI=1S/C11H10N6S/c1-2-8(18-5-1)11-15-10(16-17-11)7-14-9-6-12-3-4-13-9/h1-6H,7H2,(H,13,14)(H,15,16,17). The molecular weight excluding hydrogens is 248 g/mol. The van der Waals surface area contributed by atoms with Crippen molar-refractivity contribution >= 4 is 17.2 Å². The Labute approximate surface area is 107 Å². The summed E-state index contributed by atoms with van der Waals surface area (Å²) >= 11 is 1.62. The van der Waals surface area contributed by atoms with E-state index in [0.717, 1.165) is 16.5 Å². The van der Waals surface area contributed by atoms with Gasteiger partial charge >= 0.3 is 0 Å². The monoisotopic (exact) mass is 258 g/mol. The van der Waals surface area contributed by atoms with Crippen molar-refractivity contribution in [3.8, 4) is 10.7 Å². The third-order valence-electron chi connectivity index (χ3n) is 2.27. The lowest BCUT2D eigenvalue weighted by molar-refractivity contribution is 0.944. The van der Waals surface area contributed by atoms with Gasteiger partial charge in [0.1, 0.15) is 11.6 Å². The first-order valence-corrected chi connectivity index (χ1v) is 6.25. The number of hydrogen-bond donors (Lipinski definition) is 2. The molecule has 3 aromatic rings. The van der Waals surface area contributed by atoms with Crippen molar-refractivity contribution in [2.45, 2.75) is 6.54 Å². The number of rotatable bonds is 4. The molecule has 0 radical (unpaired) electrons. The lowest BCUT2D eigenvalue weighted by atomic mass is 10.4. The second-order valence-corrected chi connectivity index (χ2v) is 4.47. The van der Waals surface area contributed by atoms with Crippen LogP contribution in [-0.4, -0.2) is 25.1 Å². The van der Waals surface area contributed by atoms with E-state index >= 15 is 0 Å². The van der Waals surface area contributed by atoms with Gasteiger partial charge in [-0.05, 0) is 11.4 Å². The molecule has 0 aromatic carbocycles. The number of aromatic nitrogens is 5. The Kier molecular flexibility index (Phi) is 2.97. The van der Waals surface area contributed by atoms with E-state index in [1.807, 2.05) is 17.5 Å². The largest absolute Gasteiger partial charge is 0.362 e. The average Bonchev–Trinajstić information content (AvgIpc) is 3.08. The molecule has 7 heteroatoms. The highest BCUT2D eigenvalue weighted by molar-refractivity contribution is 7.13. The van der Waals surface area contributed by atoms with Gasteiger partial charge < -0.3 is 5.32 Å². The van der Waals surface area contributed by atoms with Crippen LogP contribution in [0.2, 0.25) is 0 Å². The van der Waals surface area contributed by atoms with Crippen LogP contribution in [0.15, 0.2) is 36.1 Å². The van der Waals surface area contributed by atoms with Crippen molar-refractivity contribution in [1.29, 1.82) is 0 Å². The van der Waals surface area contributed by atoms with E-state index in [0.29, 0.717) is 12.4 Å². The number of nitrogens with zero attached hydrogens (tertiary/aromatic N) is 4. The maximum Gasteiger partial charge on any atom is 0.191 e. The summed E-state index contributed by atoms with van der Waals surface area (Å²) in [6, 6.07) is 3.97. The Hall–Kier alpha value is -2.28. The van der Waals surface area contributed by atoms with Crippen LogP contribution in [-0.2, 0) is 6.54 Å². The molecule has 6 nitrogen and oxygen atoms in total. The normalized spacial score (nSPS) is 10.4. The van der Waals surface area contributed by atoms with Gasteiger partial charge in [-0.3, -0.25) is 10.1 Å². The molecule has 3 heterocycles. The molecule has 0 fully saturated rings. The van der Waals surface area contributed by atoms with E-state index in [4.69, 9.17) is 0 Å². The smallest absolute Gasteiger partial charge is 0.191 e. The van der Waals surface area contributed by atoms with Gasteiger partial charge in [0.15, 0.2) is 5.82 Å². The average molecular weight is 258 g/mol. The van der Waals surface area contributed by atoms with E-state index < -0.39 is 0 Å². The summed E-state index contributed by atoms with van der Waals surface area (Å²) in [7, 11) is 0. The quantitative estimate of drug-likeness (QED) is 0.747. The first-order chi connectivity index (χ1) is 8.92. The minimum atomic E-state index is 0.539. The van der Waals surface area contributed by atoms with Crippen molar-refractivity contribution in [3.63, 3.8) is 0 Å². The van der Waals surface area contributed by atoms with Gasteiger partial charge in [-0.25, -0.2) is 9.97 Å². The van der Waals surface area contributed by atoms with Crippen LogP contribution in [0.25, 0.3) is 10.7 Å². The van der Waals surface area contributed by atoms with E-state index in [9.17, 15) is 0 Å². The molecule has 0 aliphatic heterocycles. The summed E-state index contributed by atoms with van der Waals surface area (Å²) < 4.78 is 0. The second-order valence-electron chi connectivity index (χ2n) is 3.53. The second kappa shape index (κ2) is 4.92. The summed E-state index contributed by atoms with van der Waals surface area (Å²) in [4.78, 5) is 13.5. The van der Waals surface area contributed by atoms with Crippen LogP contribution < -0.4 is 5.32 Å². The molecule has 18 heavy (non-hydrogen) atoms. The first-order valence-electron chi connectivity index (χ1n) is 5.37. The molecule has 2 N–H and O–H groups in total. The van der Waals surface area contributed by atoms with Crippen molar-refractivity contribution in [2.24, 2.45) is 0 Å². The van der Waals surface area contributed by atoms with Gasteiger partial charge in [0.25, 0.3) is 0 Å². The van der Waals surface area contributed by atoms with Crippen molar-refractivity contribution in [2.75, 3.05) is 5.32 Å². The Morgan fingerprint density at radius 3 is 3.11 bits per heavy atom. The highest BCUT2D eigenvalue weighted by atomic mass is 32.1. The number of anilines is 1. The Morgan fingerprint density at radius 2 is 2.33 bits per heavy atom. The van der Waals surface area contributed by atoms with Crippen LogP contribution in [0.5, 0.6) is 0 Å². The SMILES string of the molecule is c1csc(-c2n[nH]c(CNc3cnccn3)n2)c1. The van der Waals surface area contributed by atoms with Crippen LogP contribution >= 0.6 is 11.3 Å². The first kappa shape index (κ1) is 10.8. The topological polar surface area (TPSA) is 79.4 Å². The molecule has 0 bridgehead atoms. The van der Waals surface area contributed by atoms with Gasteiger partial charge in [-0.1, -0.05) is 6.07 Å². The molecule has 3 rings (SSSR count). The van der Waals surface area contributed by atoms with Crippen LogP contribution in [0.4, 0.5) is 5.82 Å². The lowest BCUT2D eigenvalue weighted by Crippen LogP contribution is -2.02. The molecule has 0 aliphatic carbocycles. The maximum absolute atomic E-state index is 4.40. The van der Waals surface area contributed by atoms with Gasteiger partial charge in [0, 0.05) is 12.4 Å². The van der Waals surface area contributed by atoms with Crippen molar-refractivity contribution < 1.29 is 0 Å². The molecule has 0 amide bonds. The Bertz CT molecular complexity index is 604. The van der Waals surface area contributed by atoms with Crippen LogP contribution in [0, 0.1) is 0 Å². The number of thiophene rings is 1. The Balaban J connectivity index is 1.68. The zero-order valence-electron chi connectivity index (χ0n) is 9.37. The molecule has 90 valence electrons. The predicted octanol–water partition coefficient (Wildman–Crippen LogP) is 1.94. The van der Waals surface area contributed by atoms with Crippen LogP contribution in [0.1, 0.15) is 5.82 Å². The molecule has 0 unspecified atom stereocenters. The fraction of sp³-hybridized carbons (Fsp3) is 0.0909. The molecule has 0 atom stereocenters. The van der Waals surface area contributed by atoms with Gasteiger partial charge in [-0.15, -0.1) is 11.3 Å².